The van der Waals surface area contributed by atoms with Crippen LogP contribution >= 0.6 is 23.2 Å². The molecule has 0 bridgehead atoms. The summed E-state index contributed by atoms with van der Waals surface area (Å²) in [6.07, 6.45) is 0.881. The summed E-state index contributed by atoms with van der Waals surface area (Å²) in [6, 6.07) is 7.43. The first-order valence-corrected chi connectivity index (χ1v) is 10.8. The Morgan fingerprint density at radius 1 is 1.29 bits per heavy atom. The van der Waals surface area contributed by atoms with Crippen LogP contribution in [0.2, 0.25) is 0 Å². The molecule has 1 heterocycles. The van der Waals surface area contributed by atoms with E-state index in [0.717, 1.165) is 44.8 Å². The molecule has 1 aliphatic heterocycles. The lowest BCUT2D eigenvalue weighted by Gasteiger charge is -2.26. The summed E-state index contributed by atoms with van der Waals surface area (Å²) in [5.41, 5.74) is 1.51. The third-order valence-electron chi connectivity index (χ3n) is 5.63. The average molecular weight is 430 g/mol. The highest BCUT2D eigenvalue weighted by Gasteiger charge is 2.38. The van der Waals surface area contributed by atoms with Crippen LogP contribution in [-0.2, 0) is 20.8 Å². The normalized spacial score (nSPS) is 28.4. The first kappa shape index (κ1) is 21.8. The van der Waals surface area contributed by atoms with Crippen molar-refractivity contribution in [3.05, 3.63) is 35.4 Å². The minimum absolute atomic E-state index is 0.00540. The van der Waals surface area contributed by atoms with Crippen molar-refractivity contribution in [3.8, 4) is 0 Å². The molecule has 0 aromatic heterocycles. The maximum absolute atomic E-state index is 12.3. The van der Waals surface area contributed by atoms with Gasteiger partial charge in [0.2, 0.25) is 0 Å². The number of halogens is 2. The number of morpholine rings is 1. The highest BCUT2D eigenvalue weighted by Crippen LogP contribution is 2.38. The zero-order valence-corrected chi connectivity index (χ0v) is 17.8. The predicted octanol–water partition coefficient (Wildman–Crippen LogP) is 3.56. The Hall–Kier alpha value is -0.850. The van der Waals surface area contributed by atoms with E-state index in [0.29, 0.717) is 37.2 Å². The van der Waals surface area contributed by atoms with Gasteiger partial charge < -0.3 is 14.2 Å². The van der Waals surface area contributed by atoms with E-state index in [4.69, 9.17) is 37.4 Å². The molecule has 1 aromatic rings. The van der Waals surface area contributed by atoms with Crippen molar-refractivity contribution in [2.24, 2.45) is 11.8 Å². The largest absolute Gasteiger partial charge is 0.461 e. The predicted molar refractivity (Wildman–Crippen MR) is 110 cm³/mol. The molecule has 28 heavy (non-hydrogen) atoms. The third kappa shape index (κ3) is 6.07. The molecule has 1 saturated carbocycles. The fourth-order valence-corrected chi connectivity index (χ4v) is 4.50. The summed E-state index contributed by atoms with van der Waals surface area (Å²) in [6.45, 7) is 7.59. The van der Waals surface area contributed by atoms with Crippen molar-refractivity contribution >= 4 is 29.2 Å². The molecule has 3 rings (SSSR count). The van der Waals surface area contributed by atoms with Crippen LogP contribution in [0.15, 0.2) is 24.3 Å². The van der Waals surface area contributed by atoms with Crippen LogP contribution < -0.4 is 0 Å². The smallest absolute Gasteiger partial charge is 0.338 e. The van der Waals surface area contributed by atoms with Gasteiger partial charge in [0.1, 0.15) is 6.61 Å². The number of benzene rings is 1. The highest BCUT2D eigenvalue weighted by atomic mass is 35.5. The van der Waals surface area contributed by atoms with Crippen LogP contribution in [0.5, 0.6) is 0 Å². The van der Waals surface area contributed by atoms with E-state index in [-0.39, 0.29) is 16.7 Å². The number of alkyl halides is 2. The van der Waals surface area contributed by atoms with Crippen LogP contribution in [0.25, 0.3) is 0 Å². The van der Waals surface area contributed by atoms with E-state index < -0.39 is 0 Å². The molecular weight excluding hydrogens is 401 g/mol. The van der Waals surface area contributed by atoms with E-state index in [9.17, 15) is 4.79 Å². The van der Waals surface area contributed by atoms with Crippen molar-refractivity contribution in [1.29, 1.82) is 0 Å². The highest BCUT2D eigenvalue weighted by molar-refractivity contribution is 6.30. The number of esters is 1. The van der Waals surface area contributed by atoms with E-state index in [1.54, 1.807) is 6.07 Å². The lowest BCUT2D eigenvalue weighted by molar-refractivity contribution is 0.0195. The van der Waals surface area contributed by atoms with Crippen LogP contribution in [-0.4, -0.2) is 67.7 Å². The Balaban J connectivity index is 1.41. The molecule has 0 radical (unpaired) electrons. The Morgan fingerprint density at radius 2 is 2.07 bits per heavy atom. The van der Waals surface area contributed by atoms with Crippen molar-refractivity contribution < 1.29 is 19.0 Å². The van der Waals surface area contributed by atoms with Gasteiger partial charge in [0, 0.05) is 19.6 Å². The molecule has 2 aliphatic rings. The Labute approximate surface area is 177 Å². The van der Waals surface area contributed by atoms with Gasteiger partial charge in [-0.05, 0) is 36.0 Å². The van der Waals surface area contributed by atoms with Crippen molar-refractivity contribution in [1.82, 2.24) is 4.90 Å². The minimum atomic E-state index is -0.297. The molecule has 0 spiro atoms. The molecule has 4 atom stereocenters. The first-order chi connectivity index (χ1) is 13.5. The Bertz CT molecular complexity index is 639. The van der Waals surface area contributed by atoms with Crippen molar-refractivity contribution in [2.75, 3.05) is 46.1 Å². The van der Waals surface area contributed by atoms with Crippen molar-refractivity contribution in [3.63, 3.8) is 0 Å². The lowest BCUT2D eigenvalue weighted by Crippen LogP contribution is -2.38. The number of carbonyl (C=O) groups excluding carboxylic acids is 1. The van der Waals surface area contributed by atoms with Gasteiger partial charge in [0.25, 0.3) is 0 Å². The van der Waals surface area contributed by atoms with Crippen LogP contribution in [0.3, 0.4) is 0 Å². The standard InChI is InChI=1S/C21H29Cl2NO4/c1-15-18(12-19(22)20(15)23)14-27-13-16-3-2-4-17(11-16)21(25)28-10-7-24-5-8-26-9-6-24/h2-4,11,15,18-20H,5-10,12-14H2,1H3/t15?,18-,19?,20?/m1/s1. The van der Waals surface area contributed by atoms with Gasteiger partial charge in [-0.25, -0.2) is 4.79 Å². The fourth-order valence-electron chi connectivity index (χ4n) is 3.73. The van der Waals surface area contributed by atoms with Gasteiger partial charge in [-0.15, -0.1) is 23.2 Å². The summed E-state index contributed by atoms with van der Waals surface area (Å²) in [5.74, 6) is 0.421. The number of hydrogen-bond donors (Lipinski definition) is 0. The maximum atomic E-state index is 12.3. The second-order valence-electron chi connectivity index (χ2n) is 7.62. The van der Waals surface area contributed by atoms with Crippen LogP contribution in [0.1, 0.15) is 29.3 Å². The summed E-state index contributed by atoms with van der Waals surface area (Å²) < 4.78 is 16.6. The van der Waals surface area contributed by atoms with Gasteiger partial charge in [0.15, 0.2) is 0 Å². The van der Waals surface area contributed by atoms with E-state index in [1.165, 1.54) is 0 Å². The lowest BCUT2D eigenvalue weighted by atomic mass is 9.99. The first-order valence-electron chi connectivity index (χ1n) is 9.96. The molecular formula is C21H29Cl2NO4. The number of carbonyl (C=O) groups is 1. The second kappa shape index (κ2) is 10.8. The zero-order valence-electron chi connectivity index (χ0n) is 16.3. The Kier molecular flexibility index (Phi) is 8.42. The van der Waals surface area contributed by atoms with Gasteiger partial charge >= 0.3 is 5.97 Å². The molecule has 0 amide bonds. The van der Waals surface area contributed by atoms with Crippen molar-refractivity contribution in [2.45, 2.75) is 30.7 Å². The molecule has 3 unspecified atom stereocenters. The van der Waals surface area contributed by atoms with E-state index in [2.05, 4.69) is 11.8 Å². The molecule has 1 aliphatic carbocycles. The topological polar surface area (TPSA) is 48.0 Å². The minimum Gasteiger partial charge on any atom is -0.461 e. The molecule has 1 aromatic carbocycles. The molecule has 7 heteroatoms. The summed E-state index contributed by atoms with van der Waals surface area (Å²) in [5, 5.41) is 0.0201. The molecule has 0 N–H and O–H groups in total. The number of ether oxygens (including phenoxy) is 3. The summed E-state index contributed by atoms with van der Waals surface area (Å²) in [7, 11) is 0. The maximum Gasteiger partial charge on any atom is 0.338 e. The van der Waals surface area contributed by atoms with Gasteiger partial charge in [0.05, 0.1) is 42.7 Å². The molecule has 5 nitrogen and oxygen atoms in total. The SMILES string of the molecule is CC1C(Cl)C(Cl)C[C@@H]1COCc1cccc(C(=O)OCCN2CCOCC2)c1. The van der Waals surface area contributed by atoms with E-state index >= 15 is 0 Å². The zero-order chi connectivity index (χ0) is 19.9. The van der Waals surface area contributed by atoms with Gasteiger partial charge in [-0.1, -0.05) is 19.1 Å². The molecule has 2 fully saturated rings. The van der Waals surface area contributed by atoms with Crippen LogP contribution in [0, 0.1) is 11.8 Å². The number of nitrogens with zero attached hydrogens (tertiary/aromatic N) is 1. The number of rotatable bonds is 8. The number of hydrogen-bond acceptors (Lipinski definition) is 5. The average Bonchev–Trinajstić information content (AvgIpc) is 2.96. The molecule has 156 valence electrons. The summed E-state index contributed by atoms with van der Waals surface area (Å²) in [4.78, 5) is 14.5. The third-order valence-corrected chi connectivity index (χ3v) is 6.91. The fraction of sp³-hybridized carbons (Fsp3) is 0.667. The quantitative estimate of drug-likeness (QED) is 0.466. The molecule has 1 saturated heterocycles. The van der Waals surface area contributed by atoms with Gasteiger partial charge in [-0.2, -0.15) is 0 Å². The monoisotopic (exact) mass is 429 g/mol. The second-order valence-corrected chi connectivity index (χ2v) is 8.69. The van der Waals surface area contributed by atoms with Gasteiger partial charge in [-0.3, -0.25) is 4.90 Å². The summed E-state index contributed by atoms with van der Waals surface area (Å²) >= 11 is 12.5. The van der Waals surface area contributed by atoms with E-state index in [1.807, 2.05) is 18.2 Å². The van der Waals surface area contributed by atoms with Crippen LogP contribution in [0.4, 0.5) is 0 Å². The Morgan fingerprint density at radius 3 is 2.79 bits per heavy atom.